The summed E-state index contributed by atoms with van der Waals surface area (Å²) in [5.74, 6) is -1.63. The molecular weight excluding hydrogens is 793 g/mol. The summed E-state index contributed by atoms with van der Waals surface area (Å²) in [5.41, 5.74) is 2.37. The third kappa shape index (κ3) is 12.0. The summed E-state index contributed by atoms with van der Waals surface area (Å²) < 4.78 is 10.3. The first kappa shape index (κ1) is 42.9. The van der Waals surface area contributed by atoms with Crippen molar-refractivity contribution < 1.29 is 28.7 Å². The van der Waals surface area contributed by atoms with E-state index in [-0.39, 0.29) is 37.9 Å². The molecule has 8 nitrogen and oxygen atoms in total. The smallest absolute Gasteiger partial charge is 0.333 e. The lowest BCUT2D eigenvalue weighted by atomic mass is 10.0. The molecule has 0 fully saturated rings. The second-order valence-electron chi connectivity index (χ2n) is 11.2. The van der Waals surface area contributed by atoms with Gasteiger partial charge in [-0.25, -0.2) is 9.59 Å². The summed E-state index contributed by atoms with van der Waals surface area (Å²) in [6.45, 7) is 3.84. The van der Waals surface area contributed by atoms with Crippen LogP contribution in [-0.2, 0) is 41.5 Å². The van der Waals surface area contributed by atoms with Crippen LogP contribution in [0.3, 0.4) is 0 Å². The van der Waals surface area contributed by atoms with Crippen LogP contribution in [0, 0.1) is 0 Å². The van der Waals surface area contributed by atoms with Crippen LogP contribution in [0.5, 0.6) is 0 Å². The Hall–Kier alpha value is -3.50. The molecule has 0 saturated carbocycles. The molecule has 276 valence electrons. The average Bonchev–Trinajstić information content (AvgIpc) is 3.09. The quantitative estimate of drug-likeness (QED) is 0.132. The van der Waals surface area contributed by atoms with Crippen LogP contribution in [-0.4, -0.2) is 60.9 Å². The van der Waals surface area contributed by atoms with E-state index < -0.39 is 24.0 Å². The van der Waals surface area contributed by atoms with Crippen molar-refractivity contribution in [2.45, 2.75) is 38.8 Å². The normalized spacial score (nSPS) is 11.7. The number of hydrogen-bond donors (Lipinski definition) is 0. The predicted molar refractivity (Wildman–Crippen MR) is 208 cm³/mol. The van der Waals surface area contributed by atoms with Crippen molar-refractivity contribution in [2.75, 3.05) is 27.3 Å². The van der Waals surface area contributed by atoms with Crippen LogP contribution in [0.25, 0.3) is 0 Å². The predicted octanol–water partition coefficient (Wildman–Crippen LogP) is 9.90. The number of nitrogens with zero attached hydrogens (tertiary/aromatic N) is 2. The van der Waals surface area contributed by atoms with Gasteiger partial charge in [0, 0.05) is 34.2 Å². The van der Waals surface area contributed by atoms with Gasteiger partial charge in [-0.15, -0.1) is 0 Å². The van der Waals surface area contributed by atoms with Crippen molar-refractivity contribution in [2.24, 2.45) is 0 Å². The first-order valence-corrected chi connectivity index (χ1v) is 18.2. The van der Waals surface area contributed by atoms with E-state index >= 15 is 0 Å². The van der Waals surface area contributed by atoms with E-state index in [1.807, 2.05) is 0 Å². The number of esters is 2. The number of halogens is 6. The molecule has 52 heavy (non-hydrogen) atoms. The number of likely N-dealkylation sites (N-methyl/N-ethyl adjacent to an activating group) is 2. The van der Waals surface area contributed by atoms with Crippen molar-refractivity contribution in [1.82, 2.24) is 9.80 Å². The van der Waals surface area contributed by atoms with Gasteiger partial charge in [0.05, 0.1) is 36.1 Å². The minimum atomic E-state index is -0.914. The maximum Gasteiger partial charge on any atom is 0.333 e. The topological polar surface area (TPSA) is 93.2 Å². The van der Waals surface area contributed by atoms with Gasteiger partial charge in [-0.3, -0.25) is 9.59 Å². The fourth-order valence-electron chi connectivity index (χ4n) is 5.05. The molecule has 4 aromatic carbocycles. The number of rotatable bonds is 12. The van der Waals surface area contributed by atoms with Crippen LogP contribution in [0.1, 0.15) is 48.2 Å². The molecule has 2 atom stereocenters. The Balaban J connectivity index is 0.000000280. The summed E-state index contributed by atoms with van der Waals surface area (Å²) in [5, 5.41) is 2.52. The summed E-state index contributed by atoms with van der Waals surface area (Å²) in [4.78, 5) is 53.1. The molecule has 0 aliphatic carbocycles. The third-order valence-electron chi connectivity index (χ3n) is 7.64. The van der Waals surface area contributed by atoms with Crippen LogP contribution in [0.4, 0.5) is 0 Å². The number of amides is 2. The highest BCUT2D eigenvalue weighted by Gasteiger charge is 2.31. The van der Waals surface area contributed by atoms with Gasteiger partial charge in [0.1, 0.15) is 0 Å². The molecule has 2 amide bonds. The summed E-state index contributed by atoms with van der Waals surface area (Å²) >= 11 is 36.3. The van der Waals surface area contributed by atoms with Crippen molar-refractivity contribution in [1.29, 1.82) is 0 Å². The Morgan fingerprint density at radius 3 is 1.42 bits per heavy atom. The third-order valence-corrected chi connectivity index (χ3v) is 9.56. The molecule has 4 rings (SSSR count). The molecule has 0 saturated heterocycles. The molecule has 14 heteroatoms. The van der Waals surface area contributed by atoms with Crippen molar-refractivity contribution in [3.05, 3.63) is 137 Å². The molecule has 4 aromatic rings. The monoisotopic (exact) mass is 826 g/mol. The van der Waals surface area contributed by atoms with Gasteiger partial charge in [0.25, 0.3) is 0 Å². The Bertz CT molecular complexity index is 1870. The van der Waals surface area contributed by atoms with E-state index in [0.29, 0.717) is 52.4 Å². The van der Waals surface area contributed by atoms with E-state index in [2.05, 4.69) is 0 Å². The van der Waals surface area contributed by atoms with Gasteiger partial charge in [-0.2, -0.15) is 0 Å². The van der Waals surface area contributed by atoms with Crippen molar-refractivity contribution in [3.63, 3.8) is 0 Å². The molecule has 0 N–H and O–H groups in total. The molecule has 0 spiro atoms. The Morgan fingerprint density at radius 1 is 0.558 bits per heavy atom. The number of carbonyl (C=O) groups is 4. The molecule has 2 unspecified atom stereocenters. The number of hydrogen-bond acceptors (Lipinski definition) is 6. The van der Waals surface area contributed by atoms with E-state index in [9.17, 15) is 19.2 Å². The standard InChI is InChI=1S/2C19H18Cl3NO3/c1-3-26-19(25)18(12-6-4-7-13(20)10-12)23(2)17(24)11-14-15(21)8-5-9-16(14)22;1-3-26-19(25)18(13-5-4-6-14(20)11-13)23(2)17(24)10-12-7-8-15(21)16(22)9-12/h4-10,18H,3,11H2,1-2H3;4-9,11,18H,3,10H2,1-2H3. The van der Waals surface area contributed by atoms with Crippen LogP contribution in [0.15, 0.2) is 84.9 Å². The molecular formula is C38H36Cl6N2O6. The van der Waals surface area contributed by atoms with Gasteiger partial charge in [-0.05, 0) is 84.6 Å². The first-order valence-electron chi connectivity index (χ1n) is 15.9. The van der Waals surface area contributed by atoms with Crippen LogP contribution < -0.4 is 0 Å². The first-order chi connectivity index (χ1) is 24.7. The maximum absolute atomic E-state index is 12.8. The van der Waals surface area contributed by atoms with E-state index in [0.717, 1.165) is 0 Å². The Morgan fingerprint density at radius 2 is 1.00 bits per heavy atom. The molecule has 0 heterocycles. The van der Waals surface area contributed by atoms with Gasteiger partial charge in [0.15, 0.2) is 12.1 Å². The van der Waals surface area contributed by atoms with Gasteiger partial charge < -0.3 is 19.3 Å². The maximum atomic E-state index is 12.8. The van der Waals surface area contributed by atoms with E-state index in [4.69, 9.17) is 79.1 Å². The van der Waals surface area contributed by atoms with Gasteiger partial charge in [0.2, 0.25) is 11.8 Å². The highest BCUT2D eigenvalue weighted by Crippen LogP contribution is 2.29. The summed E-state index contributed by atoms with van der Waals surface area (Å²) in [6, 6.07) is 21.8. The summed E-state index contributed by atoms with van der Waals surface area (Å²) in [6.07, 6.45) is 0.0370. The second-order valence-corrected chi connectivity index (χ2v) is 13.7. The zero-order chi connectivity index (χ0) is 38.5. The zero-order valence-electron chi connectivity index (χ0n) is 28.7. The molecule has 0 aromatic heterocycles. The lowest BCUT2D eigenvalue weighted by Gasteiger charge is -2.27. The Kier molecular flexibility index (Phi) is 17.1. The minimum Gasteiger partial charge on any atom is -0.464 e. The highest BCUT2D eigenvalue weighted by molar-refractivity contribution is 6.42. The fourth-order valence-corrected chi connectivity index (χ4v) is 6.29. The molecule has 0 radical (unpaired) electrons. The largest absolute Gasteiger partial charge is 0.464 e. The lowest BCUT2D eigenvalue weighted by Crippen LogP contribution is -2.37. The SMILES string of the molecule is CCOC(=O)C(c1cccc(Cl)c1)N(C)C(=O)Cc1c(Cl)cccc1Cl.CCOC(=O)C(c1cccc(Cl)c1)N(C)C(=O)Cc1ccc(Cl)c(Cl)c1. The number of ether oxygens (including phenoxy) is 2. The van der Waals surface area contributed by atoms with E-state index in [1.165, 1.54) is 16.8 Å². The molecule has 0 bridgehead atoms. The Labute approximate surface area is 333 Å². The fraction of sp³-hybridized carbons (Fsp3) is 0.263. The highest BCUT2D eigenvalue weighted by atomic mass is 35.5. The van der Waals surface area contributed by atoms with Crippen LogP contribution >= 0.6 is 69.6 Å². The van der Waals surface area contributed by atoms with Gasteiger partial charge >= 0.3 is 11.9 Å². The van der Waals surface area contributed by atoms with E-state index in [1.54, 1.807) is 106 Å². The number of carbonyl (C=O) groups excluding carboxylic acids is 4. The molecule has 0 aliphatic heterocycles. The summed E-state index contributed by atoms with van der Waals surface area (Å²) in [7, 11) is 3.10. The van der Waals surface area contributed by atoms with Crippen molar-refractivity contribution >= 4 is 93.4 Å². The van der Waals surface area contributed by atoms with Crippen LogP contribution in [0.2, 0.25) is 30.1 Å². The second kappa shape index (κ2) is 20.7. The lowest BCUT2D eigenvalue weighted by molar-refractivity contribution is -0.154. The van der Waals surface area contributed by atoms with Gasteiger partial charge in [-0.1, -0.05) is 106 Å². The van der Waals surface area contributed by atoms with Crippen molar-refractivity contribution in [3.8, 4) is 0 Å². The molecule has 0 aliphatic rings. The zero-order valence-corrected chi connectivity index (χ0v) is 33.2. The number of benzene rings is 4. The minimum absolute atomic E-state index is 0.0362. The average molecular weight is 829 g/mol.